The Morgan fingerprint density at radius 1 is 1.21 bits per heavy atom. The highest BCUT2D eigenvalue weighted by atomic mass is 79.9. The van der Waals surface area contributed by atoms with E-state index >= 15 is 0 Å². The number of carbonyl (C=O) groups excluding carboxylic acids is 2. The van der Waals surface area contributed by atoms with Crippen molar-refractivity contribution >= 4 is 37.8 Å². The van der Waals surface area contributed by atoms with Crippen molar-refractivity contribution in [3.05, 3.63) is 28.7 Å². The Kier molecular flexibility index (Phi) is 4.93. The summed E-state index contributed by atoms with van der Waals surface area (Å²) >= 11 is 3.28. The van der Waals surface area contributed by atoms with Gasteiger partial charge in [-0.3, -0.25) is 9.59 Å². The van der Waals surface area contributed by atoms with E-state index in [0.717, 1.165) is 0 Å². The first-order valence-corrected chi connectivity index (χ1v) is 9.95. The Morgan fingerprint density at radius 3 is 2.50 bits per heavy atom. The minimum atomic E-state index is -3.57. The van der Waals surface area contributed by atoms with Gasteiger partial charge < -0.3 is 10.2 Å². The third-order valence-corrected chi connectivity index (χ3v) is 6.67. The lowest BCUT2D eigenvalue weighted by Crippen LogP contribution is -2.54. The van der Waals surface area contributed by atoms with Gasteiger partial charge >= 0.3 is 0 Å². The number of hydrogen-bond donors (Lipinski definition) is 1. The average Bonchev–Trinajstić information content (AvgIpc) is 3.01. The van der Waals surface area contributed by atoms with Crippen LogP contribution in [0.5, 0.6) is 0 Å². The first-order valence-electron chi connectivity index (χ1n) is 7.72. The van der Waals surface area contributed by atoms with Crippen LogP contribution in [0.3, 0.4) is 0 Å². The van der Waals surface area contributed by atoms with E-state index < -0.39 is 16.1 Å². The SMILES string of the molecule is O=C1CC[C@H](C(=O)N2CCN(S(=O)(=O)c3cccc(Br)c3)CC2)N1. The molecule has 2 aliphatic heterocycles. The van der Waals surface area contributed by atoms with E-state index in [1.165, 1.54) is 4.31 Å². The lowest BCUT2D eigenvalue weighted by Gasteiger charge is -2.35. The number of benzene rings is 1. The van der Waals surface area contributed by atoms with Crippen LogP contribution < -0.4 is 5.32 Å². The number of nitrogens with zero attached hydrogens (tertiary/aromatic N) is 2. The maximum Gasteiger partial charge on any atom is 0.245 e. The van der Waals surface area contributed by atoms with E-state index in [-0.39, 0.29) is 29.8 Å². The summed E-state index contributed by atoms with van der Waals surface area (Å²) in [6.07, 6.45) is 0.877. The van der Waals surface area contributed by atoms with E-state index in [9.17, 15) is 18.0 Å². The Morgan fingerprint density at radius 2 is 1.92 bits per heavy atom. The molecule has 0 unspecified atom stereocenters. The van der Waals surface area contributed by atoms with Crippen molar-refractivity contribution in [3.8, 4) is 0 Å². The number of nitrogens with one attached hydrogen (secondary N) is 1. The normalized spacial score (nSPS) is 22.5. The zero-order valence-electron chi connectivity index (χ0n) is 12.9. The van der Waals surface area contributed by atoms with Gasteiger partial charge in [0.1, 0.15) is 6.04 Å². The minimum absolute atomic E-state index is 0.107. The maximum atomic E-state index is 12.7. The molecule has 2 aliphatic rings. The monoisotopic (exact) mass is 415 g/mol. The fourth-order valence-electron chi connectivity index (χ4n) is 2.95. The van der Waals surface area contributed by atoms with Crippen LogP contribution in [0.4, 0.5) is 0 Å². The van der Waals surface area contributed by atoms with Crippen molar-refractivity contribution in [2.75, 3.05) is 26.2 Å². The van der Waals surface area contributed by atoms with Gasteiger partial charge in [0.2, 0.25) is 21.8 Å². The first kappa shape index (κ1) is 17.4. The number of halogens is 1. The van der Waals surface area contributed by atoms with Crippen molar-refractivity contribution in [2.45, 2.75) is 23.8 Å². The predicted molar refractivity (Wildman–Crippen MR) is 90.6 cm³/mol. The molecule has 1 aromatic carbocycles. The molecule has 0 radical (unpaired) electrons. The largest absolute Gasteiger partial charge is 0.344 e. The second-order valence-electron chi connectivity index (χ2n) is 5.85. The van der Waals surface area contributed by atoms with Crippen molar-refractivity contribution in [1.29, 1.82) is 0 Å². The number of sulfonamides is 1. The summed E-state index contributed by atoms with van der Waals surface area (Å²) in [5, 5.41) is 2.66. The van der Waals surface area contributed by atoms with Crippen LogP contribution in [-0.2, 0) is 19.6 Å². The zero-order chi connectivity index (χ0) is 17.3. The lowest BCUT2D eigenvalue weighted by atomic mass is 10.2. The van der Waals surface area contributed by atoms with Crippen molar-refractivity contribution in [2.24, 2.45) is 0 Å². The predicted octanol–water partition coefficient (Wildman–Crippen LogP) is 0.561. The zero-order valence-corrected chi connectivity index (χ0v) is 15.3. The fourth-order valence-corrected chi connectivity index (χ4v) is 4.96. The Labute approximate surface area is 149 Å². The van der Waals surface area contributed by atoms with Crippen LogP contribution in [0, 0.1) is 0 Å². The fraction of sp³-hybridized carbons (Fsp3) is 0.467. The van der Waals surface area contributed by atoms with Crippen LogP contribution >= 0.6 is 15.9 Å². The van der Waals surface area contributed by atoms with Crippen LogP contribution in [0.25, 0.3) is 0 Å². The topological polar surface area (TPSA) is 86.8 Å². The van der Waals surface area contributed by atoms with E-state index in [2.05, 4.69) is 21.2 Å². The molecule has 3 rings (SSSR count). The molecule has 0 saturated carbocycles. The van der Waals surface area contributed by atoms with E-state index in [4.69, 9.17) is 0 Å². The summed E-state index contributed by atoms with van der Waals surface area (Å²) in [6, 6.07) is 6.11. The van der Waals surface area contributed by atoms with Gasteiger partial charge in [-0.1, -0.05) is 22.0 Å². The average molecular weight is 416 g/mol. The Hall–Kier alpha value is -1.45. The van der Waals surface area contributed by atoms with Crippen LogP contribution in [-0.4, -0.2) is 61.7 Å². The van der Waals surface area contributed by atoms with Crippen molar-refractivity contribution < 1.29 is 18.0 Å². The standard InChI is InChI=1S/C15H18BrN3O4S/c16-11-2-1-3-12(10-11)24(22,23)19-8-6-18(7-9-19)15(21)13-4-5-14(20)17-13/h1-3,10,13H,4-9H2,(H,17,20)/t13-/m1/s1. The van der Waals surface area contributed by atoms with Gasteiger partial charge in [0.25, 0.3) is 0 Å². The Balaban J connectivity index is 1.64. The quantitative estimate of drug-likeness (QED) is 0.781. The van der Waals surface area contributed by atoms with E-state index in [1.807, 2.05) is 0 Å². The smallest absolute Gasteiger partial charge is 0.245 e. The van der Waals surface area contributed by atoms with Gasteiger partial charge in [-0.15, -0.1) is 0 Å². The van der Waals surface area contributed by atoms with Crippen LogP contribution in [0.1, 0.15) is 12.8 Å². The number of piperazine rings is 1. The number of carbonyl (C=O) groups is 2. The molecular formula is C15H18BrN3O4S. The molecule has 0 spiro atoms. The third-order valence-electron chi connectivity index (χ3n) is 4.28. The van der Waals surface area contributed by atoms with Gasteiger partial charge in [0.05, 0.1) is 4.90 Å². The van der Waals surface area contributed by atoms with Crippen LogP contribution in [0.2, 0.25) is 0 Å². The molecule has 0 aliphatic carbocycles. The summed E-state index contributed by atoms with van der Waals surface area (Å²) in [6.45, 7) is 1.17. The van der Waals surface area contributed by atoms with Gasteiger partial charge in [0.15, 0.2) is 0 Å². The summed E-state index contributed by atoms with van der Waals surface area (Å²) in [7, 11) is -3.57. The summed E-state index contributed by atoms with van der Waals surface area (Å²) in [5.74, 6) is -0.232. The van der Waals surface area contributed by atoms with Gasteiger partial charge in [-0.25, -0.2) is 8.42 Å². The molecule has 1 aromatic rings. The first-order chi connectivity index (χ1) is 11.4. The number of hydrogen-bond acceptors (Lipinski definition) is 4. The summed E-state index contributed by atoms with van der Waals surface area (Å²) in [5.41, 5.74) is 0. The molecule has 0 aromatic heterocycles. The molecule has 24 heavy (non-hydrogen) atoms. The van der Waals surface area contributed by atoms with Crippen molar-refractivity contribution in [1.82, 2.24) is 14.5 Å². The van der Waals surface area contributed by atoms with Crippen molar-refractivity contribution in [3.63, 3.8) is 0 Å². The highest BCUT2D eigenvalue weighted by molar-refractivity contribution is 9.10. The van der Waals surface area contributed by atoms with Gasteiger partial charge in [-0.2, -0.15) is 4.31 Å². The maximum absolute atomic E-state index is 12.7. The highest BCUT2D eigenvalue weighted by Gasteiger charge is 2.35. The molecule has 1 N–H and O–H groups in total. The summed E-state index contributed by atoms with van der Waals surface area (Å²) < 4.78 is 27.4. The molecule has 2 heterocycles. The van der Waals surface area contributed by atoms with Gasteiger partial charge in [0, 0.05) is 37.1 Å². The van der Waals surface area contributed by atoms with Gasteiger partial charge in [-0.05, 0) is 24.6 Å². The molecule has 7 nitrogen and oxygen atoms in total. The number of amides is 2. The molecule has 130 valence electrons. The molecule has 2 saturated heterocycles. The molecule has 2 amide bonds. The number of rotatable bonds is 3. The molecule has 2 fully saturated rings. The second-order valence-corrected chi connectivity index (χ2v) is 8.70. The molecule has 9 heteroatoms. The minimum Gasteiger partial charge on any atom is -0.344 e. The van der Waals surface area contributed by atoms with E-state index in [0.29, 0.717) is 30.4 Å². The Bertz CT molecular complexity index is 760. The van der Waals surface area contributed by atoms with Crippen LogP contribution in [0.15, 0.2) is 33.6 Å². The highest BCUT2D eigenvalue weighted by Crippen LogP contribution is 2.21. The van der Waals surface area contributed by atoms with E-state index in [1.54, 1.807) is 29.2 Å². The molecule has 0 bridgehead atoms. The second kappa shape index (κ2) is 6.81. The third kappa shape index (κ3) is 3.47. The lowest BCUT2D eigenvalue weighted by molar-refractivity contribution is -0.135. The molecular weight excluding hydrogens is 398 g/mol. The summed E-state index contributed by atoms with van der Waals surface area (Å²) in [4.78, 5) is 25.5. The molecule has 1 atom stereocenters.